The van der Waals surface area contributed by atoms with Crippen LogP contribution in [0.1, 0.15) is 11.7 Å². The van der Waals surface area contributed by atoms with E-state index < -0.39 is 12.2 Å². The van der Waals surface area contributed by atoms with Crippen molar-refractivity contribution in [1.82, 2.24) is 9.97 Å². The Bertz CT molecular complexity index is 267. The summed E-state index contributed by atoms with van der Waals surface area (Å²) in [7, 11) is 0. The smallest absolute Gasteiger partial charge is 0.219 e. The van der Waals surface area contributed by atoms with Crippen LogP contribution >= 0.6 is 12.6 Å². The van der Waals surface area contributed by atoms with Gasteiger partial charge in [-0.25, -0.2) is 9.97 Å². The van der Waals surface area contributed by atoms with E-state index in [4.69, 9.17) is 5.73 Å². The molecule has 6 heteroatoms. The molecule has 2 unspecified atom stereocenters. The van der Waals surface area contributed by atoms with Crippen LogP contribution in [-0.4, -0.2) is 32.0 Å². The number of nitrogens with two attached hydrogens (primary N) is 1. The fourth-order valence-electron chi connectivity index (χ4n) is 0.823. The quantitative estimate of drug-likeness (QED) is 0.489. The molecule has 0 fully saturated rings. The molecule has 5 nitrogen and oxygen atoms in total. The molecule has 13 heavy (non-hydrogen) atoms. The lowest BCUT2D eigenvalue weighted by Crippen LogP contribution is -2.20. The minimum atomic E-state index is -1.02. The van der Waals surface area contributed by atoms with Gasteiger partial charge in [0.25, 0.3) is 0 Å². The number of thiol groups is 1. The van der Waals surface area contributed by atoms with Crippen molar-refractivity contribution in [3.63, 3.8) is 0 Å². The first-order valence-corrected chi connectivity index (χ1v) is 4.32. The van der Waals surface area contributed by atoms with Crippen LogP contribution < -0.4 is 5.73 Å². The summed E-state index contributed by atoms with van der Waals surface area (Å²) >= 11 is 3.85. The number of nitrogens with zero attached hydrogens (tertiary/aromatic N) is 2. The molecule has 0 aliphatic rings. The molecule has 4 N–H and O–H groups in total. The highest BCUT2D eigenvalue weighted by Crippen LogP contribution is 2.15. The van der Waals surface area contributed by atoms with Gasteiger partial charge in [-0.2, -0.15) is 12.6 Å². The molecule has 2 atom stereocenters. The van der Waals surface area contributed by atoms with Crippen LogP contribution in [0.25, 0.3) is 0 Å². The second-order valence-electron chi connectivity index (χ2n) is 2.57. The van der Waals surface area contributed by atoms with Gasteiger partial charge in [0.2, 0.25) is 5.95 Å². The standard InChI is InChI=1S/C7H11N3O2S/c8-7-9-1-4(2-10-7)6(12)5(11)3-13/h1-2,5-6,11-13H,3H2,(H2,8,9,10). The van der Waals surface area contributed by atoms with Gasteiger partial charge in [-0.05, 0) is 0 Å². The summed E-state index contributed by atoms with van der Waals surface area (Å²) in [6.07, 6.45) is 0.813. The average molecular weight is 201 g/mol. The summed E-state index contributed by atoms with van der Waals surface area (Å²) in [5.41, 5.74) is 5.68. The van der Waals surface area contributed by atoms with Crippen LogP contribution in [0.5, 0.6) is 0 Å². The summed E-state index contributed by atoms with van der Waals surface area (Å²) in [4.78, 5) is 7.38. The topological polar surface area (TPSA) is 92.3 Å². The molecule has 0 saturated carbocycles. The maximum atomic E-state index is 9.46. The predicted molar refractivity (Wildman–Crippen MR) is 51.3 cm³/mol. The minimum Gasteiger partial charge on any atom is -0.389 e. The van der Waals surface area contributed by atoms with Crippen LogP contribution in [0.4, 0.5) is 5.95 Å². The Kier molecular flexibility index (Phi) is 3.47. The van der Waals surface area contributed by atoms with E-state index in [0.717, 1.165) is 0 Å². The Labute approximate surface area is 81.0 Å². The van der Waals surface area contributed by atoms with Crippen molar-refractivity contribution >= 4 is 18.6 Å². The third-order valence-electron chi connectivity index (χ3n) is 1.58. The molecule has 0 saturated heterocycles. The monoisotopic (exact) mass is 201 g/mol. The summed E-state index contributed by atoms with van der Waals surface area (Å²) in [5, 5.41) is 18.7. The van der Waals surface area contributed by atoms with Crippen molar-refractivity contribution in [2.24, 2.45) is 0 Å². The Balaban J connectivity index is 2.77. The van der Waals surface area contributed by atoms with E-state index in [9.17, 15) is 10.2 Å². The number of hydrogen-bond acceptors (Lipinski definition) is 6. The van der Waals surface area contributed by atoms with Gasteiger partial charge in [-0.1, -0.05) is 0 Å². The zero-order chi connectivity index (χ0) is 9.84. The molecular weight excluding hydrogens is 190 g/mol. The number of aliphatic hydroxyl groups is 2. The zero-order valence-electron chi connectivity index (χ0n) is 6.83. The first-order chi connectivity index (χ1) is 6.15. The second kappa shape index (κ2) is 4.40. The Morgan fingerprint density at radius 1 is 1.38 bits per heavy atom. The number of aromatic nitrogens is 2. The molecule has 0 aromatic carbocycles. The fraction of sp³-hybridized carbons (Fsp3) is 0.429. The minimum absolute atomic E-state index is 0.135. The van der Waals surface area contributed by atoms with Gasteiger partial charge in [0.05, 0.1) is 6.10 Å². The molecule has 0 bridgehead atoms. The Morgan fingerprint density at radius 3 is 2.38 bits per heavy atom. The zero-order valence-corrected chi connectivity index (χ0v) is 7.72. The number of anilines is 1. The number of hydrogen-bond donors (Lipinski definition) is 4. The van der Waals surface area contributed by atoms with Crippen LogP contribution in [-0.2, 0) is 0 Å². The molecule has 0 aliphatic carbocycles. The molecule has 1 heterocycles. The third kappa shape index (κ3) is 2.55. The Morgan fingerprint density at radius 2 is 1.92 bits per heavy atom. The van der Waals surface area contributed by atoms with E-state index >= 15 is 0 Å². The van der Waals surface area contributed by atoms with Crippen molar-refractivity contribution in [3.05, 3.63) is 18.0 Å². The number of nitrogen functional groups attached to an aromatic ring is 1. The normalized spacial score (nSPS) is 15.3. The van der Waals surface area contributed by atoms with Gasteiger partial charge in [-0.3, -0.25) is 0 Å². The van der Waals surface area contributed by atoms with Gasteiger partial charge in [-0.15, -0.1) is 0 Å². The van der Waals surface area contributed by atoms with Gasteiger partial charge in [0, 0.05) is 23.7 Å². The lowest BCUT2D eigenvalue weighted by Gasteiger charge is -2.14. The highest BCUT2D eigenvalue weighted by Gasteiger charge is 2.17. The molecule has 0 aliphatic heterocycles. The highest BCUT2D eigenvalue weighted by atomic mass is 32.1. The van der Waals surface area contributed by atoms with E-state index in [-0.39, 0.29) is 11.7 Å². The average Bonchev–Trinajstić information content (AvgIpc) is 2.17. The molecule has 0 radical (unpaired) electrons. The number of rotatable bonds is 3. The first-order valence-electron chi connectivity index (χ1n) is 3.69. The lowest BCUT2D eigenvalue weighted by atomic mass is 10.1. The van der Waals surface area contributed by atoms with Gasteiger partial charge < -0.3 is 15.9 Å². The highest BCUT2D eigenvalue weighted by molar-refractivity contribution is 7.80. The van der Waals surface area contributed by atoms with Gasteiger partial charge in [0.1, 0.15) is 6.10 Å². The number of aliphatic hydroxyl groups excluding tert-OH is 2. The molecule has 1 aromatic rings. The van der Waals surface area contributed by atoms with E-state index in [1.807, 2.05) is 0 Å². The van der Waals surface area contributed by atoms with Crippen LogP contribution in [0.3, 0.4) is 0 Å². The van der Waals surface area contributed by atoms with Crippen molar-refractivity contribution in [1.29, 1.82) is 0 Å². The fourth-order valence-corrected chi connectivity index (χ4v) is 1.02. The van der Waals surface area contributed by atoms with Crippen molar-refractivity contribution < 1.29 is 10.2 Å². The van der Waals surface area contributed by atoms with E-state index in [1.165, 1.54) is 12.4 Å². The Hall–Kier alpha value is -0.850. The summed E-state index contributed by atoms with van der Waals surface area (Å²) in [5.74, 6) is 0.308. The second-order valence-corrected chi connectivity index (χ2v) is 2.93. The lowest BCUT2D eigenvalue weighted by molar-refractivity contribution is 0.0333. The predicted octanol–water partition coefficient (Wildman–Crippen LogP) is -0.617. The van der Waals surface area contributed by atoms with E-state index in [1.54, 1.807) is 0 Å². The molecule has 72 valence electrons. The summed E-state index contributed by atoms with van der Waals surface area (Å²) in [6.45, 7) is 0. The summed E-state index contributed by atoms with van der Waals surface area (Å²) in [6, 6.07) is 0. The SMILES string of the molecule is Nc1ncc(C(O)C(O)CS)cn1. The van der Waals surface area contributed by atoms with Crippen LogP contribution in [0.2, 0.25) is 0 Å². The largest absolute Gasteiger partial charge is 0.389 e. The molecular formula is C7H11N3O2S. The maximum absolute atomic E-state index is 9.46. The van der Waals surface area contributed by atoms with Crippen LogP contribution in [0.15, 0.2) is 12.4 Å². The van der Waals surface area contributed by atoms with E-state index in [0.29, 0.717) is 5.56 Å². The van der Waals surface area contributed by atoms with Crippen molar-refractivity contribution in [2.75, 3.05) is 11.5 Å². The van der Waals surface area contributed by atoms with Gasteiger partial charge >= 0.3 is 0 Å². The van der Waals surface area contributed by atoms with Crippen molar-refractivity contribution in [2.45, 2.75) is 12.2 Å². The summed E-state index contributed by atoms with van der Waals surface area (Å²) < 4.78 is 0. The van der Waals surface area contributed by atoms with Crippen LogP contribution in [0, 0.1) is 0 Å². The first kappa shape index (κ1) is 10.2. The maximum Gasteiger partial charge on any atom is 0.219 e. The molecule has 0 spiro atoms. The molecule has 1 aromatic heterocycles. The van der Waals surface area contributed by atoms with E-state index in [2.05, 4.69) is 22.6 Å². The third-order valence-corrected chi connectivity index (χ3v) is 1.96. The van der Waals surface area contributed by atoms with Crippen molar-refractivity contribution in [3.8, 4) is 0 Å². The molecule has 1 rings (SSSR count). The van der Waals surface area contributed by atoms with Gasteiger partial charge in [0.15, 0.2) is 0 Å². The molecule has 0 amide bonds.